The highest BCUT2D eigenvalue weighted by molar-refractivity contribution is 7.97. The van der Waals surface area contributed by atoms with E-state index in [2.05, 4.69) is 33.7 Å². The molecule has 2 aliphatic heterocycles. The third-order valence-corrected chi connectivity index (χ3v) is 9.29. The van der Waals surface area contributed by atoms with E-state index in [1.165, 1.54) is 16.6 Å². The van der Waals surface area contributed by atoms with E-state index < -0.39 is 11.6 Å². The van der Waals surface area contributed by atoms with Crippen molar-refractivity contribution in [1.29, 1.82) is 0 Å². The quantitative estimate of drug-likeness (QED) is 0.381. The lowest BCUT2D eigenvalue weighted by Gasteiger charge is -2.34. The third-order valence-electron chi connectivity index (χ3n) is 8.59. The minimum atomic E-state index is -4.21. The number of ether oxygens (including phenoxy) is 1. The number of aromatic nitrogens is 5. The molecule has 1 atom stereocenters. The van der Waals surface area contributed by atoms with Crippen LogP contribution in [0.4, 0.5) is 19.0 Å². The fourth-order valence-corrected chi connectivity index (χ4v) is 6.71. The second-order valence-electron chi connectivity index (χ2n) is 12.0. The van der Waals surface area contributed by atoms with E-state index in [4.69, 9.17) is 9.72 Å². The van der Waals surface area contributed by atoms with Gasteiger partial charge in [-0.2, -0.15) is 18.3 Å². The Morgan fingerprint density at radius 1 is 1.20 bits per heavy atom. The molecule has 0 spiro atoms. The molecule has 3 aromatic heterocycles. The molecule has 1 unspecified atom stereocenters. The summed E-state index contributed by atoms with van der Waals surface area (Å²) in [5.74, 6) is 1.47. The first-order chi connectivity index (χ1) is 19.4. The van der Waals surface area contributed by atoms with Crippen molar-refractivity contribution in [3.63, 3.8) is 0 Å². The number of pyridine rings is 1. The zero-order valence-electron chi connectivity index (χ0n) is 23.4. The van der Waals surface area contributed by atoms with Crippen LogP contribution in [0.15, 0.2) is 35.5 Å². The number of carbonyl (C=O) groups is 1. The molecule has 1 amide bonds. The highest BCUT2D eigenvalue weighted by atomic mass is 32.2. The number of fused-ring (bicyclic) bond motifs is 6. The Balaban J connectivity index is 1.26. The minimum absolute atomic E-state index is 0.0624. The summed E-state index contributed by atoms with van der Waals surface area (Å²) < 4.78 is 51.8. The first-order valence-electron chi connectivity index (χ1n) is 14.0. The summed E-state index contributed by atoms with van der Waals surface area (Å²) in [5.41, 5.74) is -0.318. The van der Waals surface area contributed by atoms with Gasteiger partial charge in [-0.3, -0.25) is 14.2 Å². The molecule has 5 heterocycles. The maximum atomic E-state index is 13.4. The van der Waals surface area contributed by atoms with Crippen LogP contribution >= 0.6 is 11.9 Å². The molecular weight excluding hydrogens is 555 g/mol. The van der Waals surface area contributed by atoms with Crippen LogP contribution in [-0.2, 0) is 6.54 Å². The van der Waals surface area contributed by atoms with E-state index in [1.807, 2.05) is 17.7 Å². The number of nitrogens with zero attached hydrogens (tertiary/aromatic N) is 6. The largest absolute Gasteiger partial charge is 0.477 e. The summed E-state index contributed by atoms with van der Waals surface area (Å²) in [5, 5.41) is 9.78. The van der Waals surface area contributed by atoms with Crippen molar-refractivity contribution in [2.75, 3.05) is 18.1 Å². The zero-order chi connectivity index (χ0) is 29.0. The van der Waals surface area contributed by atoms with Crippen LogP contribution in [0.2, 0.25) is 0 Å². The smallest absolute Gasteiger partial charge is 0.394 e. The lowest BCUT2D eigenvalue weighted by atomic mass is 9.93. The molecule has 1 saturated heterocycles. The van der Waals surface area contributed by atoms with E-state index in [0.717, 1.165) is 43.1 Å². The van der Waals surface area contributed by atoms with Crippen molar-refractivity contribution in [3.05, 3.63) is 41.7 Å². The number of amides is 1. The molecule has 41 heavy (non-hydrogen) atoms. The number of rotatable bonds is 5. The van der Waals surface area contributed by atoms with Crippen molar-refractivity contribution in [3.8, 4) is 11.7 Å². The number of nitrogens with one attached hydrogen (secondary N) is 1. The molecule has 2 fully saturated rings. The van der Waals surface area contributed by atoms with Crippen molar-refractivity contribution < 1.29 is 22.7 Å². The van der Waals surface area contributed by atoms with Crippen LogP contribution in [0.25, 0.3) is 5.82 Å². The lowest BCUT2D eigenvalue weighted by molar-refractivity contribution is -0.190. The van der Waals surface area contributed by atoms with Gasteiger partial charge in [0.25, 0.3) is 5.91 Å². The molecule has 0 radical (unpaired) electrons. The maximum Gasteiger partial charge on any atom is 0.394 e. The Hall–Kier alpha value is -3.22. The van der Waals surface area contributed by atoms with E-state index in [1.54, 1.807) is 24.4 Å². The van der Waals surface area contributed by atoms with E-state index in [0.29, 0.717) is 23.1 Å². The predicted molar refractivity (Wildman–Crippen MR) is 148 cm³/mol. The van der Waals surface area contributed by atoms with Crippen LogP contribution in [-0.4, -0.2) is 55.3 Å². The van der Waals surface area contributed by atoms with E-state index in [-0.39, 0.29) is 43.2 Å². The summed E-state index contributed by atoms with van der Waals surface area (Å²) in [6, 6.07) is 7.04. The van der Waals surface area contributed by atoms with Gasteiger partial charge in [-0.25, -0.2) is 9.67 Å². The van der Waals surface area contributed by atoms with Crippen LogP contribution < -0.4 is 14.4 Å². The fourth-order valence-electron chi connectivity index (χ4n) is 6.03. The van der Waals surface area contributed by atoms with Gasteiger partial charge in [-0.05, 0) is 83.4 Å². The second kappa shape index (κ2) is 10.2. The number of halogens is 3. The second-order valence-corrected chi connectivity index (χ2v) is 12.9. The van der Waals surface area contributed by atoms with E-state index in [9.17, 15) is 18.0 Å². The summed E-state index contributed by atoms with van der Waals surface area (Å²) in [4.78, 5) is 20.6. The average Bonchev–Trinajstić information content (AvgIpc) is 3.27. The van der Waals surface area contributed by atoms with Crippen LogP contribution in [0, 0.1) is 18.3 Å². The van der Waals surface area contributed by atoms with Gasteiger partial charge < -0.3 is 9.64 Å². The minimum Gasteiger partial charge on any atom is -0.477 e. The summed E-state index contributed by atoms with van der Waals surface area (Å²) in [6.45, 7) is 7.91. The van der Waals surface area contributed by atoms with Gasteiger partial charge >= 0.3 is 6.18 Å². The standard InChI is InChI=1S/C28H34F3N7O2S/c1-18-15-23-34-37(18)12-4-5-19-16-26(2,3)36(17-19)24-20(25(39)35-41-23)6-7-21(32-24)38-13-8-22(33-38)40-14-11-27(9-10-27)28(29,30)31/h6-8,13,15,19H,4-5,9-12,14,16-17H2,1-3H3,(H,35,39). The fraction of sp³-hybridized carbons (Fsp3) is 0.571. The maximum absolute atomic E-state index is 13.4. The van der Waals surface area contributed by atoms with Gasteiger partial charge in [0, 0.05) is 48.5 Å². The number of anilines is 1. The SMILES string of the molecule is Cc1cc2nn1CCCC1CN(c3nc(-n4ccc(OCCC5(C(F)(F)F)CC5)n4)ccc3C(=O)NS2)C(C)(C)C1. The summed E-state index contributed by atoms with van der Waals surface area (Å²) >= 11 is 1.18. The van der Waals surface area contributed by atoms with Gasteiger partial charge in [0.1, 0.15) is 10.8 Å². The molecule has 3 aliphatic rings. The number of hydrogen-bond acceptors (Lipinski definition) is 7. The Morgan fingerprint density at radius 3 is 2.76 bits per heavy atom. The Morgan fingerprint density at radius 2 is 2.00 bits per heavy atom. The molecule has 1 N–H and O–H groups in total. The molecule has 13 heteroatoms. The van der Waals surface area contributed by atoms with Crippen LogP contribution in [0.3, 0.4) is 0 Å². The zero-order valence-corrected chi connectivity index (χ0v) is 24.2. The first-order valence-corrected chi connectivity index (χ1v) is 14.8. The predicted octanol–water partition coefficient (Wildman–Crippen LogP) is 5.72. The van der Waals surface area contributed by atoms with Gasteiger partial charge in [-0.15, -0.1) is 5.10 Å². The molecule has 1 aliphatic carbocycles. The summed E-state index contributed by atoms with van der Waals surface area (Å²) in [6.07, 6.45) is 0.688. The first kappa shape index (κ1) is 27.9. The third kappa shape index (κ3) is 5.52. The average molecular weight is 590 g/mol. The normalized spacial score (nSPS) is 21.7. The van der Waals surface area contributed by atoms with Gasteiger partial charge in [0.15, 0.2) is 5.82 Å². The summed E-state index contributed by atoms with van der Waals surface area (Å²) in [7, 11) is 0. The van der Waals surface area contributed by atoms with Crippen LogP contribution in [0.5, 0.6) is 5.88 Å². The molecule has 9 nitrogen and oxygen atoms in total. The highest BCUT2D eigenvalue weighted by Crippen LogP contribution is 2.59. The number of aryl methyl sites for hydroxylation is 2. The molecule has 4 bridgehead atoms. The van der Waals surface area contributed by atoms with Crippen LogP contribution in [0.1, 0.15) is 68.4 Å². The molecule has 6 rings (SSSR count). The highest BCUT2D eigenvalue weighted by Gasteiger charge is 2.62. The number of hydrogen-bond donors (Lipinski definition) is 1. The number of alkyl halides is 3. The topological polar surface area (TPSA) is 90.1 Å². The molecule has 220 valence electrons. The molecule has 0 aromatic carbocycles. The lowest BCUT2D eigenvalue weighted by Crippen LogP contribution is -2.40. The van der Waals surface area contributed by atoms with Crippen molar-refractivity contribution >= 4 is 23.7 Å². The Kier molecular flexibility index (Phi) is 6.98. The molecule has 3 aromatic rings. The van der Waals surface area contributed by atoms with Gasteiger partial charge in [0.2, 0.25) is 5.88 Å². The van der Waals surface area contributed by atoms with Crippen molar-refractivity contribution in [1.82, 2.24) is 29.3 Å². The monoisotopic (exact) mass is 589 g/mol. The molecular formula is C28H34F3N7O2S. The van der Waals surface area contributed by atoms with Gasteiger partial charge in [0.05, 0.1) is 17.6 Å². The van der Waals surface area contributed by atoms with Gasteiger partial charge in [-0.1, -0.05) is 0 Å². The Bertz CT molecular complexity index is 1450. The van der Waals surface area contributed by atoms with Crippen molar-refractivity contribution in [2.45, 2.75) is 82.6 Å². The van der Waals surface area contributed by atoms with E-state index >= 15 is 0 Å². The molecule has 1 saturated carbocycles. The number of carbonyl (C=O) groups excluding carboxylic acids is 1. The Labute approximate surface area is 241 Å². The van der Waals surface area contributed by atoms with Crippen molar-refractivity contribution in [2.24, 2.45) is 11.3 Å².